The van der Waals surface area contributed by atoms with Gasteiger partial charge >= 0.3 is 17.9 Å². The first-order valence-corrected chi connectivity index (χ1v) is 28.4. The molecule has 67 heavy (non-hydrogen) atoms. The van der Waals surface area contributed by atoms with Gasteiger partial charge in [0.15, 0.2) is 6.10 Å². The smallest absolute Gasteiger partial charge is 0.306 e. The van der Waals surface area contributed by atoms with Crippen LogP contribution in [0.5, 0.6) is 0 Å². The zero-order chi connectivity index (χ0) is 48.6. The molecular formula is C61H106O6. The molecule has 0 aliphatic rings. The van der Waals surface area contributed by atoms with Crippen LogP contribution in [0.2, 0.25) is 0 Å². The van der Waals surface area contributed by atoms with E-state index >= 15 is 0 Å². The van der Waals surface area contributed by atoms with E-state index in [0.717, 1.165) is 83.5 Å². The lowest BCUT2D eigenvalue weighted by Gasteiger charge is -2.18. The van der Waals surface area contributed by atoms with Crippen LogP contribution in [0.3, 0.4) is 0 Å². The molecule has 0 aromatic carbocycles. The van der Waals surface area contributed by atoms with Gasteiger partial charge in [0.25, 0.3) is 0 Å². The molecule has 6 heteroatoms. The number of hydrogen-bond acceptors (Lipinski definition) is 6. The van der Waals surface area contributed by atoms with E-state index < -0.39 is 12.1 Å². The number of allylic oxidation sites excluding steroid dienone is 12. The van der Waals surface area contributed by atoms with Crippen molar-refractivity contribution in [2.24, 2.45) is 0 Å². The van der Waals surface area contributed by atoms with E-state index in [-0.39, 0.29) is 31.6 Å². The molecule has 0 fully saturated rings. The van der Waals surface area contributed by atoms with Gasteiger partial charge in [-0.3, -0.25) is 14.4 Å². The molecule has 0 aliphatic carbocycles. The van der Waals surface area contributed by atoms with Crippen molar-refractivity contribution in [2.75, 3.05) is 13.2 Å². The summed E-state index contributed by atoms with van der Waals surface area (Å²) < 4.78 is 16.8. The summed E-state index contributed by atoms with van der Waals surface area (Å²) in [6.45, 7) is 6.47. The number of unbranched alkanes of at least 4 members (excludes halogenated alkanes) is 28. The molecule has 0 amide bonds. The molecule has 0 aromatic heterocycles. The van der Waals surface area contributed by atoms with Gasteiger partial charge in [0.2, 0.25) is 0 Å². The van der Waals surface area contributed by atoms with E-state index in [0.29, 0.717) is 19.3 Å². The van der Waals surface area contributed by atoms with Crippen LogP contribution in [0.4, 0.5) is 0 Å². The predicted octanol–water partition coefficient (Wildman–Crippen LogP) is 19.0. The van der Waals surface area contributed by atoms with Gasteiger partial charge in [0, 0.05) is 19.3 Å². The van der Waals surface area contributed by atoms with Crippen molar-refractivity contribution in [1.82, 2.24) is 0 Å². The highest BCUT2D eigenvalue weighted by Crippen LogP contribution is 2.16. The van der Waals surface area contributed by atoms with E-state index in [2.05, 4.69) is 87.6 Å². The first kappa shape index (κ1) is 63.8. The van der Waals surface area contributed by atoms with Crippen molar-refractivity contribution < 1.29 is 28.6 Å². The third-order valence-electron chi connectivity index (χ3n) is 12.2. The molecule has 6 nitrogen and oxygen atoms in total. The largest absolute Gasteiger partial charge is 0.462 e. The third kappa shape index (κ3) is 53.7. The van der Waals surface area contributed by atoms with E-state index in [1.54, 1.807) is 0 Å². The Morgan fingerprint density at radius 2 is 0.612 bits per heavy atom. The van der Waals surface area contributed by atoms with Crippen LogP contribution in [-0.2, 0) is 28.6 Å². The number of carbonyl (C=O) groups is 3. The van der Waals surface area contributed by atoms with E-state index in [4.69, 9.17) is 14.2 Å². The third-order valence-corrected chi connectivity index (χ3v) is 12.2. The topological polar surface area (TPSA) is 78.9 Å². The fourth-order valence-electron chi connectivity index (χ4n) is 7.96. The lowest BCUT2D eigenvalue weighted by atomic mass is 10.0. The van der Waals surface area contributed by atoms with Gasteiger partial charge < -0.3 is 14.2 Å². The minimum Gasteiger partial charge on any atom is -0.462 e. The van der Waals surface area contributed by atoms with Crippen molar-refractivity contribution >= 4 is 17.9 Å². The summed E-state index contributed by atoms with van der Waals surface area (Å²) in [4.78, 5) is 38.1. The molecule has 1 atom stereocenters. The molecule has 0 aromatic rings. The van der Waals surface area contributed by atoms with Crippen molar-refractivity contribution in [3.8, 4) is 0 Å². The summed E-state index contributed by atoms with van der Waals surface area (Å²) in [5.41, 5.74) is 0. The molecule has 0 rings (SSSR count). The minimum atomic E-state index is -0.819. The minimum absolute atomic E-state index is 0.107. The van der Waals surface area contributed by atoms with Gasteiger partial charge in [-0.05, 0) is 77.0 Å². The monoisotopic (exact) mass is 935 g/mol. The second-order valence-electron chi connectivity index (χ2n) is 18.8. The molecule has 386 valence electrons. The Morgan fingerprint density at radius 1 is 0.313 bits per heavy atom. The fourth-order valence-corrected chi connectivity index (χ4v) is 7.96. The van der Waals surface area contributed by atoms with E-state index in [1.165, 1.54) is 148 Å². The Morgan fingerprint density at radius 3 is 0.985 bits per heavy atom. The molecule has 0 bridgehead atoms. The first-order chi connectivity index (χ1) is 33.0. The first-order valence-electron chi connectivity index (χ1n) is 28.4. The van der Waals surface area contributed by atoms with Crippen LogP contribution < -0.4 is 0 Å². The molecule has 0 saturated carbocycles. The highest BCUT2D eigenvalue weighted by Gasteiger charge is 2.19. The summed E-state index contributed by atoms with van der Waals surface area (Å²) in [5, 5.41) is 0. The van der Waals surface area contributed by atoms with Gasteiger partial charge in [0.05, 0.1) is 0 Å². The Bertz CT molecular complexity index is 1260. The van der Waals surface area contributed by atoms with Crippen LogP contribution in [0.25, 0.3) is 0 Å². The fraction of sp³-hybridized carbons (Fsp3) is 0.754. The average Bonchev–Trinajstić information content (AvgIpc) is 3.33. The van der Waals surface area contributed by atoms with Crippen molar-refractivity contribution in [2.45, 2.75) is 284 Å². The quantitative estimate of drug-likeness (QED) is 0.0262. The molecule has 0 saturated heterocycles. The summed E-state index contributed by atoms with van der Waals surface area (Å²) in [6, 6.07) is 0. The maximum atomic E-state index is 12.8. The maximum absolute atomic E-state index is 12.8. The maximum Gasteiger partial charge on any atom is 0.306 e. The summed E-state index contributed by atoms with van der Waals surface area (Å²) >= 11 is 0. The zero-order valence-corrected chi connectivity index (χ0v) is 44.2. The second kappa shape index (κ2) is 55.4. The van der Waals surface area contributed by atoms with Gasteiger partial charge in [0.1, 0.15) is 13.2 Å². The Hall–Kier alpha value is -3.15. The van der Waals surface area contributed by atoms with Gasteiger partial charge in [-0.15, -0.1) is 0 Å². The Kier molecular flexibility index (Phi) is 52.8. The van der Waals surface area contributed by atoms with Crippen molar-refractivity contribution in [3.63, 3.8) is 0 Å². The summed E-state index contributed by atoms with van der Waals surface area (Å²) in [6.07, 6.45) is 70.5. The number of esters is 3. The second-order valence-corrected chi connectivity index (χ2v) is 18.8. The average molecular weight is 936 g/mol. The highest BCUT2D eigenvalue weighted by molar-refractivity contribution is 5.71. The van der Waals surface area contributed by atoms with E-state index in [9.17, 15) is 14.4 Å². The van der Waals surface area contributed by atoms with Gasteiger partial charge in [-0.25, -0.2) is 0 Å². The SMILES string of the molecule is CC/C=C\C/C=C\C/C=C\C/C=C\C/C=C\CCC(=O)OC(COC(=O)CCCCC/C=C\CCCCCCCCC)COC(=O)CCCCCCCCCCCCCCCCCCCCC. The van der Waals surface area contributed by atoms with Crippen molar-refractivity contribution in [3.05, 3.63) is 72.9 Å². The van der Waals surface area contributed by atoms with Crippen LogP contribution in [0.1, 0.15) is 278 Å². The molecule has 0 aliphatic heterocycles. The van der Waals surface area contributed by atoms with Crippen LogP contribution in [0.15, 0.2) is 72.9 Å². The number of carbonyl (C=O) groups excluding carboxylic acids is 3. The predicted molar refractivity (Wildman–Crippen MR) is 288 cm³/mol. The van der Waals surface area contributed by atoms with Crippen LogP contribution >= 0.6 is 0 Å². The molecule has 0 heterocycles. The van der Waals surface area contributed by atoms with E-state index in [1.807, 2.05) is 6.08 Å². The van der Waals surface area contributed by atoms with Gasteiger partial charge in [-0.1, -0.05) is 254 Å². The standard InChI is InChI=1S/C61H106O6/c1-4-7-10-13-16-19-22-25-28-30-31-32-34-36-39-42-45-48-51-54-60(63)66-57-58(56-65-59(62)53-50-47-44-41-38-35-27-24-21-18-15-12-9-6-3)67-61(64)55-52-49-46-43-40-37-33-29-26-23-20-17-14-11-8-5-2/h8,11,17,20,26,29,35,37-38,40,46,49,58H,4-7,9-10,12-16,18-19,21-25,27-28,30-34,36,39,41-45,47-48,50-57H2,1-3H3/b11-8-,20-17-,29-26-,38-35-,40-37-,49-46-. The number of ether oxygens (including phenoxy) is 3. The number of hydrogen-bond donors (Lipinski definition) is 0. The molecule has 0 N–H and O–H groups in total. The van der Waals surface area contributed by atoms with Gasteiger partial charge in [-0.2, -0.15) is 0 Å². The number of rotatable bonds is 51. The summed E-state index contributed by atoms with van der Waals surface area (Å²) in [5.74, 6) is -0.999. The zero-order valence-electron chi connectivity index (χ0n) is 44.2. The lowest BCUT2D eigenvalue weighted by Crippen LogP contribution is -2.30. The molecule has 0 spiro atoms. The molecule has 1 unspecified atom stereocenters. The lowest BCUT2D eigenvalue weighted by molar-refractivity contribution is -0.166. The summed E-state index contributed by atoms with van der Waals surface area (Å²) in [7, 11) is 0. The highest BCUT2D eigenvalue weighted by atomic mass is 16.6. The Balaban J connectivity index is 4.44. The molecule has 0 radical (unpaired) electrons. The van der Waals surface area contributed by atoms with Crippen LogP contribution in [-0.4, -0.2) is 37.2 Å². The molecular weight excluding hydrogens is 829 g/mol. The van der Waals surface area contributed by atoms with Crippen molar-refractivity contribution in [1.29, 1.82) is 0 Å². The normalized spacial score (nSPS) is 12.6. The van der Waals surface area contributed by atoms with Crippen LogP contribution in [0, 0.1) is 0 Å². The Labute approximate surface area is 414 Å².